The molecule has 1 aliphatic heterocycles. The third kappa shape index (κ3) is 8.10. The molecule has 2 N–H and O–H groups in total. The van der Waals surface area contributed by atoms with Gasteiger partial charge in [-0.2, -0.15) is 0 Å². The number of ether oxygens (including phenoxy) is 3. The van der Waals surface area contributed by atoms with Crippen LogP contribution in [0.2, 0.25) is 0 Å². The van der Waals surface area contributed by atoms with E-state index in [9.17, 15) is 14.0 Å². The van der Waals surface area contributed by atoms with Crippen LogP contribution in [0.4, 0.5) is 20.7 Å². The third-order valence-electron chi connectivity index (χ3n) is 6.95. The van der Waals surface area contributed by atoms with Crippen LogP contribution in [0.3, 0.4) is 0 Å². The Morgan fingerprint density at radius 1 is 1.02 bits per heavy atom. The van der Waals surface area contributed by atoms with E-state index in [1.165, 1.54) is 45.2 Å². The van der Waals surface area contributed by atoms with Gasteiger partial charge < -0.3 is 24.9 Å². The molecule has 0 aliphatic carbocycles. The molecule has 11 heteroatoms. The lowest BCUT2D eigenvalue weighted by Gasteiger charge is -2.32. The minimum absolute atomic E-state index is 0.122. The molecule has 0 unspecified atom stereocenters. The number of aromatic nitrogens is 2. The zero-order valence-electron chi connectivity index (χ0n) is 27.7. The van der Waals surface area contributed by atoms with Crippen LogP contribution in [0.25, 0.3) is 11.4 Å². The summed E-state index contributed by atoms with van der Waals surface area (Å²) in [5.41, 5.74) is 0.620. The van der Waals surface area contributed by atoms with E-state index in [0.29, 0.717) is 52.4 Å². The standard InChI is InChI=1S/C32H32FN5O5.C4H10/c1-6-35-29-28(20(2)34)37(22-10-13-24(14-11-22)42-25-9-7-8-21(33)18-25)30(39)38(29)23-12-15-27-26(19-23)36(16-17-41-27)31(40)43-32(3,4)5;1-3-4-2/h6-15,18-19,34-35H,1,16-17H2,2-5H3;3-4H2,1-2H3. The van der Waals surface area contributed by atoms with Crippen LogP contribution in [-0.2, 0) is 4.74 Å². The maximum absolute atomic E-state index is 14.1. The Hall–Kier alpha value is -5.32. The summed E-state index contributed by atoms with van der Waals surface area (Å²) >= 11 is 0. The molecule has 0 saturated heterocycles. The number of rotatable bonds is 8. The summed E-state index contributed by atoms with van der Waals surface area (Å²) in [6.45, 7) is 15.6. The maximum Gasteiger partial charge on any atom is 0.415 e. The summed E-state index contributed by atoms with van der Waals surface area (Å²) in [7, 11) is 0. The van der Waals surface area contributed by atoms with Gasteiger partial charge in [0.15, 0.2) is 0 Å². The van der Waals surface area contributed by atoms with E-state index in [1.807, 2.05) is 0 Å². The number of unbranched alkanes of at least 4 members (excludes halogenated alkanes) is 1. The van der Waals surface area contributed by atoms with E-state index in [2.05, 4.69) is 25.7 Å². The molecule has 0 atom stereocenters. The molecule has 0 bridgehead atoms. The topological polar surface area (TPSA) is 111 Å². The van der Waals surface area contributed by atoms with Crippen molar-refractivity contribution < 1.29 is 23.4 Å². The minimum atomic E-state index is -0.698. The zero-order chi connectivity index (χ0) is 34.3. The predicted octanol–water partition coefficient (Wildman–Crippen LogP) is 8.44. The van der Waals surface area contributed by atoms with Gasteiger partial charge >= 0.3 is 11.8 Å². The normalized spacial score (nSPS) is 12.2. The highest BCUT2D eigenvalue weighted by Gasteiger charge is 2.30. The quantitative estimate of drug-likeness (QED) is 0.187. The molecule has 47 heavy (non-hydrogen) atoms. The SMILES string of the molecule is C=CNc1c(C(C)=N)n(-c2ccc(Oc3cccc(F)c3)cc2)c(=O)n1-c1ccc2c(c1)N(C(=O)OC(C)(C)C)CCO2.CCCC. The summed E-state index contributed by atoms with van der Waals surface area (Å²) in [4.78, 5) is 28.6. The first-order chi connectivity index (χ1) is 22.4. The van der Waals surface area contributed by atoms with Gasteiger partial charge in [-0.1, -0.05) is 39.3 Å². The van der Waals surface area contributed by atoms with Crippen molar-refractivity contribution in [2.75, 3.05) is 23.4 Å². The van der Waals surface area contributed by atoms with E-state index in [1.54, 1.807) is 82.3 Å². The molecular weight excluding hydrogens is 601 g/mol. The minimum Gasteiger partial charge on any atom is -0.490 e. The summed E-state index contributed by atoms with van der Waals surface area (Å²) in [5.74, 6) is 1.15. The van der Waals surface area contributed by atoms with Gasteiger partial charge in [0, 0.05) is 6.07 Å². The van der Waals surface area contributed by atoms with Crippen molar-refractivity contribution in [3.05, 3.63) is 102 Å². The predicted molar refractivity (Wildman–Crippen MR) is 184 cm³/mol. The Bertz CT molecular complexity index is 1800. The van der Waals surface area contributed by atoms with E-state index < -0.39 is 23.2 Å². The first-order valence-electron chi connectivity index (χ1n) is 15.5. The third-order valence-corrected chi connectivity index (χ3v) is 6.95. The number of hydrogen-bond donors (Lipinski definition) is 2. The largest absolute Gasteiger partial charge is 0.490 e. The smallest absolute Gasteiger partial charge is 0.415 e. The van der Waals surface area contributed by atoms with Crippen molar-refractivity contribution in [2.45, 2.75) is 60.0 Å². The number of anilines is 2. The molecule has 3 aromatic carbocycles. The number of amides is 1. The highest BCUT2D eigenvalue weighted by Crippen LogP contribution is 2.36. The molecule has 2 heterocycles. The second-order valence-electron chi connectivity index (χ2n) is 11.8. The van der Waals surface area contributed by atoms with E-state index in [-0.39, 0.29) is 12.3 Å². The Labute approximate surface area is 274 Å². The summed E-state index contributed by atoms with van der Waals surface area (Å²) < 4.78 is 33.6. The molecular formula is C36H42FN5O5. The molecule has 10 nitrogen and oxygen atoms in total. The van der Waals surface area contributed by atoms with Gasteiger partial charge in [0.05, 0.1) is 29.3 Å². The molecule has 1 amide bonds. The van der Waals surface area contributed by atoms with Crippen LogP contribution < -0.4 is 25.4 Å². The second-order valence-corrected chi connectivity index (χ2v) is 11.8. The number of hydrogen-bond acceptors (Lipinski definition) is 7. The first kappa shape index (κ1) is 34.6. The Morgan fingerprint density at radius 2 is 1.70 bits per heavy atom. The van der Waals surface area contributed by atoms with Gasteiger partial charge in [-0.3, -0.25) is 9.47 Å². The fourth-order valence-electron chi connectivity index (χ4n) is 4.74. The van der Waals surface area contributed by atoms with Crippen LogP contribution in [0.5, 0.6) is 17.2 Å². The molecule has 0 fully saturated rings. The van der Waals surface area contributed by atoms with E-state index >= 15 is 0 Å². The molecule has 0 spiro atoms. The molecule has 1 aromatic heterocycles. The molecule has 5 rings (SSSR count). The lowest BCUT2D eigenvalue weighted by atomic mass is 10.2. The van der Waals surface area contributed by atoms with Crippen molar-refractivity contribution in [2.24, 2.45) is 0 Å². The number of fused-ring (bicyclic) bond motifs is 1. The highest BCUT2D eigenvalue weighted by molar-refractivity contribution is 6.00. The summed E-state index contributed by atoms with van der Waals surface area (Å²) in [6.07, 6.45) is 3.53. The van der Waals surface area contributed by atoms with Crippen molar-refractivity contribution >= 4 is 23.3 Å². The fraction of sp³-hybridized carbons (Fsp3) is 0.306. The molecule has 1 aliphatic rings. The van der Waals surface area contributed by atoms with Gasteiger partial charge in [-0.05, 0) is 88.5 Å². The van der Waals surface area contributed by atoms with Crippen molar-refractivity contribution in [1.29, 1.82) is 5.41 Å². The Balaban J connectivity index is 0.00000118. The fourth-order valence-corrected chi connectivity index (χ4v) is 4.74. The molecule has 0 saturated carbocycles. The molecule has 248 valence electrons. The van der Waals surface area contributed by atoms with Crippen LogP contribution in [0, 0.1) is 11.2 Å². The van der Waals surface area contributed by atoms with Crippen molar-refractivity contribution in [1.82, 2.24) is 9.13 Å². The number of imidazole rings is 1. The van der Waals surface area contributed by atoms with Crippen LogP contribution in [-0.4, -0.2) is 39.7 Å². The number of nitrogens with one attached hydrogen (secondary N) is 2. The lowest BCUT2D eigenvalue weighted by molar-refractivity contribution is 0.0568. The monoisotopic (exact) mass is 643 g/mol. The highest BCUT2D eigenvalue weighted by atomic mass is 19.1. The van der Waals surface area contributed by atoms with E-state index in [0.717, 1.165) is 0 Å². The zero-order valence-corrected chi connectivity index (χ0v) is 27.7. The number of carbonyl (C=O) groups excluding carboxylic acids is 1. The van der Waals surface area contributed by atoms with Crippen LogP contribution >= 0.6 is 0 Å². The first-order valence-corrected chi connectivity index (χ1v) is 15.5. The van der Waals surface area contributed by atoms with Gasteiger partial charge in [0.2, 0.25) is 0 Å². The molecule has 0 radical (unpaired) electrons. The molecule has 4 aromatic rings. The van der Waals surface area contributed by atoms with Crippen molar-refractivity contribution in [3.63, 3.8) is 0 Å². The average Bonchev–Trinajstić information content (AvgIpc) is 3.32. The van der Waals surface area contributed by atoms with Gasteiger partial charge in [-0.15, -0.1) is 0 Å². The van der Waals surface area contributed by atoms with Gasteiger partial charge in [0.25, 0.3) is 0 Å². The van der Waals surface area contributed by atoms with Crippen LogP contribution in [0.15, 0.2) is 84.3 Å². The van der Waals surface area contributed by atoms with E-state index in [4.69, 9.17) is 19.6 Å². The Morgan fingerprint density at radius 3 is 2.30 bits per heavy atom. The summed E-state index contributed by atoms with van der Waals surface area (Å²) in [6, 6.07) is 17.5. The van der Waals surface area contributed by atoms with Gasteiger partial charge in [0.1, 0.15) is 46.8 Å². The number of carbonyl (C=O) groups is 1. The number of nitrogens with zero attached hydrogens (tertiary/aromatic N) is 3. The lowest BCUT2D eigenvalue weighted by Crippen LogP contribution is -2.41. The summed E-state index contributed by atoms with van der Waals surface area (Å²) in [5, 5.41) is 11.6. The number of halogens is 1. The van der Waals surface area contributed by atoms with Crippen molar-refractivity contribution in [3.8, 4) is 28.6 Å². The second kappa shape index (κ2) is 14.8. The number of benzene rings is 3. The van der Waals surface area contributed by atoms with Crippen LogP contribution in [0.1, 0.15) is 60.1 Å². The Kier molecular flexibility index (Phi) is 10.9. The average molecular weight is 644 g/mol. The maximum atomic E-state index is 14.1. The van der Waals surface area contributed by atoms with Gasteiger partial charge in [-0.25, -0.2) is 18.5 Å².